The molecule has 1 saturated carbocycles. The van der Waals surface area contributed by atoms with Crippen LogP contribution in [0.3, 0.4) is 0 Å². The van der Waals surface area contributed by atoms with Crippen LogP contribution >= 0.6 is 0 Å². The van der Waals surface area contributed by atoms with Crippen LogP contribution < -0.4 is 14.2 Å². The molecule has 2 heterocycles. The Morgan fingerprint density at radius 3 is 2.57 bits per heavy atom. The quantitative estimate of drug-likeness (QED) is 0.767. The predicted molar refractivity (Wildman–Crippen MR) is 105 cm³/mol. The second kappa shape index (κ2) is 8.37. The minimum atomic E-state index is -0.748. The molecule has 1 aromatic carbocycles. The highest BCUT2D eigenvalue weighted by molar-refractivity contribution is 6.43. The summed E-state index contributed by atoms with van der Waals surface area (Å²) >= 11 is 0. The molecule has 1 unspecified atom stereocenters. The van der Waals surface area contributed by atoms with Crippen LogP contribution in [-0.4, -0.2) is 49.0 Å². The summed E-state index contributed by atoms with van der Waals surface area (Å²) in [5.74, 6) is 2.45. The lowest BCUT2D eigenvalue weighted by Crippen LogP contribution is -2.11. The second-order valence-corrected chi connectivity index (χ2v) is 7.27. The van der Waals surface area contributed by atoms with Gasteiger partial charge in [0.05, 0.1) is 26.0 Å². The number of hydrogen-bond acceptors (Lipinski definition) is 7. The van der Waals surface area contributed by atoms with Crippen LogP contribution in [0.2, 0.25) is 6.32 Å². The molecule has 1 aromatic heterocycles. The number of aromatic nitrogens is 2. The minimum Gasteiger partial charge on any atom is -0.493 e. The summed E-state index contributed by atoms with van der Waals surface area (Å²) in [6.45, 7) is 0.430. The molecule has 4 rings (SSSR count). The van der Waals surface area contributed by atoms with Crippen LogP contribution in [0, 0.1) is 0 Å². The minimum absolute atomic E-state index is 0.0121. The fraction of sp³-hybridized carbons (Fsp3) is 0.500. The van der Waals surface area contributed by atoms with Crippen molar-refractivity contribution in [1.29, 1.82) is 0 Å². The summed E-state index contributed by atoms with van der Waals surface area (Å²) < 4.78 is 22.3. The van der Waals surface area contributed by atoms with Gasteiger partial charge in [-0.1, -0.05) is 0 Å². The van der Waals surface area contributed by atoms with Crippen LogP contribution in [0.15, 0.2) is 24.3 Å². The molecular formula is C20H25BN2O5. The molecular weight excluding hydrogens is 359 g/mol. The summed E-state index contributed by atoms with van der Waals surface area (Å²) in [5, 5.41) is 9.68. The second-order valence-electron chi connectivity index (χ2n) is 7.27. The van der Waals surface area contributed by atoms with E-state index in [9.17, 15) is 5.02 Å². The third-order valence-corrected chi connectivity index (χ3v) is 5.34. The van der Waals surface area contributed by atoms with Gasteiger partial charge in [0.1, 0.15) is 0 Å². The standard InChI is InChI=1S/C20H25BN2O5/c1-25-17-8-7-13(9-18(17)28-15-5-3-4-6-15)20-22-16(10-19(23-20)26-2)14-11-21(24)27-12-14/h7-10,14-15,24H,3-6,11-12H2,1-2H3. The van der Waals surface area contributed by atoms with E-state index in [0.717, 1.165) is 24.1 Å². The number of benzene rings is 1. The van der Waals surface area contributed by atoms with Crippen molar-refractivity contribution in [2.45, 2.75) is 44.0 Å². The summed E-state index contributed by atoms with van der Waals surface area (Å²) in [5.41, 5.74) is 1.63. The molecule has 1 saturated heterocycles. The molecule has 0 amide bonds. The first kappa shape index (κ1) is 19.0. The van der Waals surface area contributed by atoms with Gasteiger partial charge in [0.15, 0.2) is 17.3 Å². The number of nitrogens with zero attached hydrogens (tertiary/aromatic N) is 2. The molecule has 148 valence electrons. The Morgan fingerprint density at radius 2 is 1.89 bits per heavy atom. The van der Waals surface area contributed by atoms with Gasteiger partial charge in [0, 0.05) is 24.2 Å². The number of rotatable bonds is 6. The molecule has 1 aliphatic carbocycles. The smallest absolute Gasteiger partial charge is 0.454 e. The van der Waals surface area contributed by atoms with E-state index in [4.69, 9.17) is 23.8 Å². The summed E-state index contributed by atoms with van der Waals surface area (Å²) in [4.78, 5) is 9.23. The van der Waals surface area contributed by atoms with Gasteiger partial charge in [-0.2, -0.15) is 4.98 Å². The number of methoxy groups -OCH3 is 2. The molecule has 0 bridgehead atoms. The molecule has 2 aliphatic rings. The largest absolute Gasteiger partial charge is 0.493 e. The Kier molecular flexibility index (Phi) is 5.68. The highest BCUT2D eigenvalue weighted by Gasteiger charge is 2.31. The van der Waals surface area contributed by atoms with E-state index < -0.39 is 7.12 Å². The summed E-state index contributed by atoms with van der Waals surface area (Å²) in [6, 6.07) is 7.52. The van der Waals surface area contributed by atoms with Crippen molar-refractivity contribution in [3.05, 3.63) is 30.0 Å². The zero-order valence-corrected chi connectivity index (χ0v) is 16.3. The molecule has 2 aromatic rings. The predicted octanol–water partition coefficient (Wildman–Crippen LogP) is 3.08. The molecule has 1 N–H and O–H groups in total. The normalized spacial score (nSPS) is 19.8. The zero-order valence-electron chi connectivity index (χ0n) is 16.3. The zero-order chi connectivity index (χ0) is 19.5. The highest BCUT2D eigenvalue weighted by Crippen LogP contribution is 2.36. The molecule has 0 spiro atoms. The Hall–Kier alpha value is -2.32. The van der Waals surface area contributed by atoms with E-state index in [1.165, 1.54) is 12.8 Å². The van der Waals surface area contributed by atoms with Crippen LogP contribution in [0.5, 0.6) is 17.4 Å². The van der Waals surface area contributed by atoms with Crippen molar-refractivity contribution >= 4 is 7.12 Å². The average Bonchev–Trinajstić information content (AvgIpc) is 3.39. The molecule has 7 nitrogen and oxygen atoms in total. The Morgan fingerprint density at radius 1 is 1.07 bits per heavy atom. The maximum absolute atomic E-state index is 9.68. The van der Waals surface area contributed by atoms with E-state index in [0.29, 0.717) is 36.1 Å². The van der Waals surface area contributed by atoms with Gasteiger partial charge < -0.3 is 23.9 Å². The van der Waals surface area contributed by atoms with E-state index in [2.05, 4.69) is 4.98 Å². The van der Waals surface area contributed by atoms with Crippen molar-refractivity contribution in [3.8, 4) is 28.8 Å². The highest BCUT2D eigenvalue weighted by atomic mass is 16.5. The third kappa shape index (κ3) is 4.08. The van der Waals surface area contributed by atoms with Gasteiger partial charge in [-0.25, -0.2) is 4.98 Å². The SMILES string of the molecule is COc1cc(C2COB(O)C2)nc(-c2ccc(OC)c(OC3CCCC3)c2)n1. The van der Waals surface area contributed by atoms with Gasteiger partial charge in [0.2, 0.25) is 5.88 Å². The Balaban J connectivity index is 1.67. The molecule has 8 heteroatoms. The Labute approximate surface area is 165 Å². The van der Waals surface area contributed by atoms with Crippen molar-refractivity contribution in [3.63, 3.8) is 0 Å². The van der Waals surface area contributed by atoms with E-state index in [-0.39, 0.29) is 12.0 Å². The topological polar surface area (TPSA) is 82.9 Å². The maximum Gasteiger partial charge on any atom is 0.454 e. The molecule has 28 heavy (non-hydrogen) atoms. The molecule has 1 aliphatic heterocycles. The fourth-order valence-electron chi connectivity index (χ4n) is 3.79. The Bertz CT molecular complexity index is 828. The van der Waals surface area contributed by atoms with Gasteiger partial charge in [0.25, 0.3) is 0 Å². The van der Waals surface area contributed by atoms with E-state index in [1.54, 1.807) is 20.3 Å². The van der Waals surface area contributed by atoms with Crippen LogP contribution in [0.25, 0.3) is 11.4 Å². The van der Waals surface area contributed by atoms with Crippen LogP contribution in [0.1, 0.15) is 37.3 Å². The summed E-state index contributed by atoms with van der Waals surface area (Å²) in [6.07, 6.45) is 5.27. The van der Waals surface area contributed by atoms with Gasteiger partial charge >= 0.3 is 7.12 Å². The average molecular weight is 384 g/mol. The van der Waals surface area contributed by atoms with E-state index in [1.807, 2.05) is 18.2 Å². The molecule has 0 radical (unpaired) electrons. The fourth-order valence-corrected chi connectivity index (χ4v) is 3.79. The van der Waals surface area contributed by atoms with Crippen LogP contribution in [0.4, 0.5) is 0 Å². The first-order valence-corrected chi connectivity index (χ1v) is 9.74. The van der Waals surface area contributed by atoms with Crippen molar-refractivity contribution < 1.29 is 23.9 Å². The van der Waals surface area contributed by atoms with Crippen LogP contribution in [-0.2, 0) is 4.65 Å². The van der Waals surface area contributed by atoms with Gasteiger partial charge in [-0.15, -0.1) is 0 Å². The first-order chi connectivity index (χ1) is 13.7. The van der Waals surface area contributed by atoms with E-state index >= 15 is 0 Å². The first-order valence-electron chi connectivity index (χ1n) is 9.74. The number of hydrogen-bond donors (Lipinski definition) is 1. The lowest BCUT2D eigenvalue weighted by molar-refractivity contribution is 0.201. The lowest BCUT2D eigenvalue weighted by atomic mass is 9.81. The van der Waals surface area contributed by atoms with Crippen molar-refractivity contribution in [1.82, 2.24) is 9.97 Å². The van der Waals surface area contributed by atoms with Gasteiger partial charge in [-0.05, 0) is 50.2 Å². The van der Waals surface area contributed by atoms with Crippen molar-refractivity contribution in [2.24, 2.45) is 0 Å². The molecule has 2 fully saturated rings. The van der Waals surface area contributed by atoms with Gasteiger partial charge in [-0.3, -0.25) is 0 Å². The molecule has 1 atom stereocenters. The lowest BCUT2D eigenvalue weighted by Gasteiger charge is -2.17. The summed E-state index contributed by atoms with van der Waals surface area (Å²) in [7, 11) is 2.47. The van der Waals surface area contributed by atoms with Crippen molar-refractivity contribution in [2.75, 3.05) is 20.8 Å². The maximum atomic E-state index is 9.68. The third-order valence-electron chi connectivity index (χ3n) is 5.34. The number of ether oxygens (including phenoxy) is 3. The monoisotopic (exact) mass is 384 g/mol.